The number of nitrogens with zero attached hydrogens (tertiary/aromatic N) is 1. The van der Waals surface area contributed by atoms with Gasteiger partial charge in [-0.15, -0.1) is 0 Å². The van der Waals surface area contributed by atoms with E-state index in [1.54, 1.807) is 0 Å². The Morgan fingerprint density at radius 2 is 1.86 bits per heavy atom. The van der Waals surface area contributed by atoms with Crippen molar-refractivity contribution in [2.24, 2.45) is 0 Å². The number of urea groups is 1. The van der Waals surface area contributed by atoms with Crippen LogP contribution in [0.2, 0.25) is 0 Å². The molecule has 0 aromatic heterocycles. The van der Waals surface area contributed by atoms with Gasteiger partial charge in [0.2, 0.25) is 0 Å². The van der Waals surface area contributed by atoms with Crippen LogP contribution in [-0.4, -0.2) is 41.9 Å². The lowest BCUT2D eigenvalue weighted by atomic mass is 10.0. The Morgan fingerprint density at radius 3 is 2.67 bits per heavy atom. The third-order valence-electron chi connectivity index (χ3n) is 3.47. The summed E-state index contributed by atoms with van der Waals surface area (Å²) in [7, 11) is 0. The number of amides is 3. The van der Waals surface area contributed by atoms with Crippen LogP contribution < -0.4 is 5.32 Å². The fourth-order valence-corrected chi connectivity index (χ4v) is 2.36. The van der Waals surface area contributed by atoms with Crippen molar-refractivity contribution in [3.63, 3.8) is 0 Å². The number of imide groups is 1. The monoisotopic (exact) mass is 288 g/mol. The van der Waals surface area contributed by atoms with Crippen molar-refractivity contribution in [2.75, 3.05) is 13.1 Å². The maximum atomic E-state index is 12.4. The molecule has 3 amide bonds. The molecule has 3 rings (SSSR count). The van der Waals surface area contributed by atoms with Gasteiger partial charge in [0.25, 0.3) is 5.91 Å². The zero-order chi connectivity index (χ0) is 15.0. The number of cyclic esters (lactones) is 2. The highest BCUT2D eigenvalue weighted by Crippen LogP contribution is 2.22. The summed E-state index contributed by atoms with van der Waals surface area (Å²) in [6, 6.07) is 3.63. The standard InChI is InChI=1S/C14H12N2O5/c17-11(16-6-2-1-5-15-14(16)20)8-3-4-9-10(7-8)13(19)21-12(9)18/h3-4,7H,1-2,5-6H2,(H,15,20). The van der Waals surface area contributed by atoms with Gasteiger partial charge in [0, 0.05) is 18.7 Å². The van der Waals surface area contributed by atoms with Gasteiger partial charge in [-0.1, -0.05) is 0 Å². The highest BCUT2D eigenvalue weighted by molar-refractivity contribution is 6.16. The first-order chi connectivity index (χ1) is 10.1. The molecule has 1 saturated heterocycles. The molecule has 0 saturated carbocycles. The molecule has 1 aromatic carbocycles. The Labute approximate surface area is 119 Å². The number of esters is 2. The number of rotatable bonds is 1. The Balaban J connectivity index is 1.92. The van der Waals surface area contributed by atoms with E-state index in [0.717, 1.165) is 17.7 Å². The van der Waals surface area contributed by atoms with Gasteiger partial charge in [-0.3, -0.25) is 9.69 Å². The quantitative estimate of drug-likeness (QED) is 0.613. The molecule has 108 valence electrons. The zero-order valence-electron chi connectivity index (χ0n) is 11.0. The second-order valence-electron chi connectivity index (χ2n) is 4.83. The normalized spacial score (nSPS) is 17.9. The zero-order valence-corrected chi connectivity index (χ0v) is 11.0. The number of carbonyl (C=O) groups excluding carboxylic acids is 4. The predicted molar refractivity (Wildman–Crippen MR) is 69.9 cm³/mol. The fraction of sp³-hybridized carbons (Fsp3) is 0.286. The third kappa shape index (κ3) is 2.26. The molecule has 2 heterocycles. The van der Waals surface area contributed by atoms with Crippen LogP contribution in [0, 0.1) is 0 Å². The minimum Gasteiger partial charge on any atom is -0.386 e. The van der Waals surface area contributed by atoms with Gasteiger partial charge in [-0.2, -0.15) is 0 Å². The molecule has 0 atom stereocenters. The van der Waals surface area contributed by atoms with E-state index >= 15 is 0 Å². The predicted octanol–water partition coefficient (Wildman–Crippen LogP) is 0.943. The van der Waals surface area contributed by atoms with E-state index in [0.29, 0.717) is 13.1 Å². The fourth-order valence-electron chi connectivity index (χ4n) is 2.36. The smallest absolute Gasteiger partial charge is 0.346 e. The average Bonchev–Trinajstić information content (AvgIpc) is 2.64. The van der Waals surface area contributed by atoms with E-state index in [9.17, 15) is 19.2 Å². The topological polar surface area (TPSA) is 92.8 Å². The summed E-state index contributed by atoms with van der Waals surface area (Å²) < 4.78 is 4.47. The van der Waals surface area contributed by atoms with Crippen LogP contribution in [0.1, 0.15) is 43.9 Å². The van der Waals surface area contributed by atoms with Crippen molar-refractivity contribution < 1.29 is 23.9 Å². The molecule has 0 radical (unpaired) electrons. The molecule has 1 aromatic rings. The molecule has 7 heteroatoms. The van der Waals surface area contributed by atoms with Gasteiger partial charge >= 0.3 is 18.0 Å². The number of ether oxygens (including phenoxy) is 1. The first-order valence-electron chi connectivity index (χ1n) is 6.58. The number of fused-ring (bicyclic) bond motifs is 1. The molecule has 7 nitrogen and oxygen atoms in total. The summed E-state index contributed by atoms with van der Waals surface area (Å²) in [6.45, 7) is 0.860. The van der Waals surface area contributed by atoms with Gasteiger partial charge in [-0.25, -0.2) is 14.4 Å². The maximum Gasteiger partial charge on any atom is 0.346 e. The Morgan fingerprint density at radius 1 is 1.10 bits per heavy atom. The molecule has 2 aliphatic rings. The third-order valence-corrected chi connectivity index (χ3v) is 3.47. The van der Waals surface area contributed by atoms with Gasteiger partial charge in [0.15, 0.2) is 0 Å². The number of hydrogen-bond acceptors (Lipinski definition) is 5. The largest absolute Gasteiger partial charge is 0.386 e. The SMILES string of the molecule is O=C1OC(=O)c2cc(C(=O)N3CCCCNC3=O)ccc21. The van der Waals surface area contributed by atoms with Crippen molar-refractivity contribution >= 4 is 23.9 Å². The minimum atomic E-state index is -0.773. The van der Waals surface area contributed by atoms with Gasteiger partial charge in [0.1, 0.15) is 0 Å². The molecule has 0 spiro atoms. The van der Waals surface area contributed by atoms with Crippen LogP contribution in [0.15, 0.2) is 18.2 Å². The molecule has 2 aliphatic heterocycles. The molecule has 21 heavy (non-hydrogen) atoms. The Kier molecular flexibility index (Phi) is 3.17. The number of hydrogen-bond donors (Lipinski definition) is 1. The van der Waals surface area contributed by atoms with Crippen LogP contribution in [0.25, 0.3) is 0 Å². The van der Waals surface area contributed by atoms with Crippen molar-refractivity contribution in [3.05, 3.63) is 34.9 Å². The Bertz CT molecular complexity index is 667. The Hall–Kier alpha value is -2.70. The highest BCUT2D eigenvalue weighted by Gasteiger charge is 2.32. The van der Waals surface area contributed by atoms with Crippen molar-refractivity contribution in [1.29, 1.82) is 0 Å². The molecule has 1 fully saturated rings. The summed E-state index contributed by atoms with van der Waals surface area (Å²) >= 11 is 0. The van der Waals surface area contributed by atoms with E-state index in [2.05, 4.69) is 10.1 Å². The maximum absolute atomic E-state index is 12.4. The molecular formula is C14H12N2O5. The number of nitrogens with one attached hydrogen (secondary N) is 1. The molecule has 0 aliphatic carbocycles. The van der Waals surface area contributed by atoms with Crippen LogP contribution in [0.5, 0.6) is 0 Å². The van der Waals surface area contributed by atoms with Crippen LogP contribution in [-0.2, 0) is 4.74 Å². The van der Waals surface area contributed by atoms with Gasteiger partial charge < -0.3 is 10.1 Å². The van der Waals surface area contributed by atoms with Crippen LogP contribution in [0.3, 0.4) is 0 Å². The average molecular weight is 288 g/mol. The summed E-state index contributed by atoms with van der Waals surface area (Å²) in [6.07, 6.45) is 1.52. The molecule has 0 unspecified atom stereocenters. The molecule has 0 bridgehead atoms. The van der Waals surface area contributed by atoms with Gasteiger partial charge in [0.05, 0.1) is 11.1 Å². The molecular weight excluding hydrogens is 276 g/mol. The lowest BCUT2D eigenvalue weighted by Crippen LogP contribution is -2.42. The first kappa shape index (κ1) is 13.3. The molecule has 1 N–H and O–H groups in total. The first-order valence-corrected chi connectivity index (χ1v) is 6.58. The summed E-state index contributed by atoms with van der Waals surface area (Å²) in [5.74, 6) is -1.99. The second-order valence-corrected chi connectivity index (χ2v) is 4.83. The second kappa shape index (κ2) is 5.01. The van der Waals surface area contributed by atoms with E-state index < -0.39 is 23.9 Å². The van der Waals surface area contributed by atoms with Crippen molar-refractivity contribution in [2.45, 2.75) is 12.8 Å². The lowest BCUT2D eigenvalue weighted by Gasteiger charge is -2.18. The van der Waals surface area contributed by atoms with Crippen LogP contribution >= 0.6 is 0 Å². The number of carbonyl (C=O) groups is 4. The summed E-state index contributed by atoms with van der Waals surface area (Å²) in [5, 5.41) is 2.63. The van der Waals surface area contributed by atoms with E-state index in [4.69, 9.17) is 0 Å². The van der Waals surface area contributed by atoms with E-state index in [1.165, 1.54) is 18.2 Å². The van der Waals surface area contributed by atoms with Gasteiger partial charge in [-0.05, 0) is 31.0 Å². The minimum absolute atomic E-state index is 0.0566. The van der Waals surface area contributed by atoms with Crippen molar-refractivity contribution in [1.82, 2.24) is 10.2 Å². The van der Waals surface area contributed by atoms with Crippen molar-refractivity contribution in [3.8, 4) is 0 Å². The summed E-state index contributed by atoms with van der Waals surface area (Å²) in [4.78, 5) is 48.2. The van der Waals surface area contributed by atoms with Crippen LogP contribution in [0.4, 0.5) is 4.79 Å². The summed E-state index contributed by atoms with van der Waals surface area (Å²) in [5.41, 5.74) is 0.371. The number of benzene rings is 1. The van der Waals surface area contributed by atoms with E-state index in [1.807, 2.05) is 0 Å². The van der Waals surface area contributed by atoms with E-state index in [-0.39, 0.29) is 16.7 Å². The lowest BCUT2D eigenvalue weighted by molar-refractivity contribution is 0.0443. The highest BCUT2D eigenvalue weighted by atomic mass is 16.6.